The number of hydrogen-bond acceptors (Lipinski definition) is 3. The van der Waals surface area contributed by atoms with Crippen LogP contribution >= 0.6 is 0 Å². The van der Waals surface area contributed by atoms with E-state index in [1.54, 1.807) is 0 Å². The van der Waals surface area contributed by atoms with Crippen LogP contribution in [0.3, 0.4) is 0 Å². The van der Waals surface area contributed by atoms with Crippen LogP contribution in [0.4, 0.5) is 8.78 Å². The van der Waals surface area contributed by atoms with E-state index in [0.717, 1.165) is 12.1 Å². The fourth-order valence-electron chi connectivity index (χ4n) is 2.38. The molecule has 1 aliphatic rings. The quantitative estimate of drug-likeness (QED) is 0.887. The summed E-state index contributed by atoms with van der Waals surface area (Å²) in [5.74, 6) is -3.09. The first kappa shape index (κ1) is 14.2. The number of halogens is 2. The van der Waals surface area contributed by atoms with Gasteiger partial charge in [-0.25, -0.2) is 8.78 Å². The summed E-state index contributed by atoms with van der Waals surface area (Å²) in [5.41, 5.74) is 4.86. The SMILES string of the molecule is COc1cc(F)c(C2CC(=O)N(CC(N)=O)C2)c(F)c1. The molecule has 0 saturated carbocycles. The third-order valence-electron chi connectivity index (χ3n) is 3.26. The van der Waals surface area contributed by atoms with Crippen LogP contribution in [-0.4, -0.2) is 36.9 Å². The molecule has 2 rings (SSSR count). The van der Waals surface area contributed by atoms with E-state index in [2.05, 4.69) is 0 Å². The summed E-state index contributed by atoms with van der Waals surface area (Å²) in [7, 11) is 1.31. The molecule has 0 radical (unpaired) electrons. The highest BCUT2D eigenvalue weighted by molar-refractivity contribution is 5.85. The Morgan fingerprint density at radius 3 is 2.55 bits per heavy atom. The molecule has 108 valence electrons. The van der Waals surface area contributed by atoms with Gasteiger partial charge < -0.3 is 15.4 Å². The normalized spacial score (nSPS) is 18.4. The van der Waals surface area contributed by atoms with Crippen molar-refractivity contribution in [3.8, 4) is 5.75 Å². The average molecular weight is 284 g/mol. The molecule has 0 aliphatic carbocycles. The minimum atomic E-state index is -0.763. The third-order valence-corrected chi connectivity index (χ3v) is 3.26. The Kier molecular flexibility index (Phi) is 3.87. The molecule has 1 saturated heterocycles. The third kappa shape index (κ3) is 2.71. The van der Waals surface area contributed by atoms with Crippen molar-refractivity contribution in [3.05, 3.63) is 29.3 Å². The Labute approximate surface area is 114 Å². The average Bonchev–Trinajstić information content (AvgIpc) is 2.68. The van der Waals surface area contributed by atoms with Crippen molar-refractivity contribution in [2.75, 3.05) is 20.2 Å². The minimum absolute atomic E-state index is 0.0482. The highest BCUT2D eigenvalue weighted by Gasteiger charge is 2.34. The maximum atomic E-state index is 13.9. The zero-order chi connectivity index (χ0) is 14.9. The van der Waals surface area contributed by atoms with Crippen LogP contribution in [0, 0.1) is 11.6 Å². The Bertz CT molecular complexity index is 540. The molecule has 7 heteroatoms. The predicted octanol–water partition coefficient (Wildman–Crippen LogP) is 0.775. The van der Waals surface area contributed by atoms with Crippen LogP contribution in [-0.2, 0) is 9.59 Å². The number of rotatable bonds is 4. The van der Waals surface area contributed by atoms with Gasteiger partial charge in [-0.2, -0.15) is 0 Å². The Morgan fingerprint density at radius 1 is 1.45 bits per heavy atom. The van der Waals surface area contributed by atoms with Gasteiger partial charge in [0.05, 0.1) is 13.7 Å². The molecule has 1 atom stereocenters. The van der Waals surface area contributed by atoms with Crippen LogP contribution in [0.1, 0.15) is 17.9 Å². The minimum Gasteiger partial charge on any atom is -0.497 e. The first-order chi connectivity index (χ1) is 9.42. The molecule has 0 spiro atoms. The Hall–Kier alpha value is -2.18. The highest BCUT2D eigenvalue weighted by atomic mass is 19.1. The molecule has 0 bridgehead atoms. The van der Waals surface area contributed by atoms with E-state index in [0.29, 0.717) is 0 Å². The first-order valence-corrected chi connectivity index (χ1v) is 6.01. The maximum Gasteiger partial charge on any atom is 0.237 e. The predicted molar refractivity (Wildman–Crippen MR) is 66.0 cm³/mol. The van der Waals surface area contributed by atoms with E-state index in [-0.39, 0.29) is 36.7 Å². The summed E-state index contributed by atoms with van der Waals surface area (Å²) in [4.78, 5) is 23.7. The van der Waals surface area contributed by atoms with Crippen molar-refractivity contribution in [2.24, 2.45) is 5.73 Å². The summed E-state index contributed by atoms with van der Waals surface area (Å²) < 4.78 is 32.6. The lowest BCUT2D eigenvalue weighted by Crippen LogP contribution is -2.34. The lowest BCUT2D eigenvalue weighted by atomic mass is 9.97. The summed E-state index contributed by atoms with van der Waals surface area (Å²) >= 11 is 0. The molecule has 20 heavy (non-hydrogen) atoms. The van der Waals surface area contributed by atoms with E-state index in [4.69, 9.17) is 10.5 Å². The lowest BCUT2D eigenvalue weighted by Gasteiger charge is -2.15. The van der Waals surface area contributed by atoms with Gasteiger partial charge in [0, 0.05) is 36.6 Å². The van der Waals surface area contributed by atoms with Crippen molar-refractivity contribution >= 4 is 11.8 Å². The fraction of sp³-hybridized carbons (Fsp3) is 0.385. The zero-order valence-corrected chi connectivity index (χ0v) is 10.9. The van der Waals surface area contributed by atoms with Gasteiger partial charge in [-0.05, 0) is 0 Å². The number of carbonyl (C=O) groups is 2. The number of ether oxygens (including phenoxy) is 1. The number of nitrogens with zero attached hydrogens (tertiary/aromatic N) is 1. The van der Waals surface area contributed by atoms with E-state index < -0.39 is 23.5 Å². The molecule has 1 aliphatic heterocycles. The van der Waals surface area contributed by atoms with Gasteiger partial charge in [-0.15, -0.1) is 0 Å². The molecule has 5 nitrogen and oxygen atoms in total. The van der Waals surface area contributed by atoms with Crippen LogP contribution in [0.2, 0.25) is 0 Å². The van der Waals surface area contributed by atoms with E-state index in [1.807, 2.05) is 0 Å². The number of hydrogen-bond donors (Lipinski definition) is 1. The Morgan fingerprint density at radius 2 is 2.05 bits per heavy atom. The smallest absolute Gasteiger partial charge is 0.237 e. The molecule has 2 amide bonds. The number of likely N-dealkylation sites (tertiary alicyclic amines) is 1. The lowest BCUT2D eigenvalue weighted by molar-refractivity contribution is -0.132. The van der Waals surface area contributed by atoms with E-state index >= 15 is 0 Å². The molecule has 1 heterocycles. The van der Waals surface area contributed by atoms with Crippen LogP contribution in [0.5, 0.6) is 5.75 Å². The van der Waals surface area contributed by atoms with Gasteiger partial charge >= 0.3 is 0 Å². The van der Waals surface area contributed by atoms with Gasteiger partial charge in [-0.1, -0.05) is 0 Å². The molecule has 0 aromatic heterocycles. The maximum absolute atomic E-state index is 13.9. The summed E-state index contributed by atoms with van der Waals surface area (Å²) in [6, 6.07) is 2.14. The summed E-state index contributed by atoms with van der Waals surface area (Å²) in [6.07, 6.45) is -0.0482. The van der Waals surface area contributed by atoms with Gasteiger partial charge in [-0.3, -0.25) is 9.59 Å². The van der Waals surface area contributed by atoms with E-state index in [9.17, 15) is 18.4 Å². The van der Waals surface area contributed by atoms with E-state index in [1.165, 1.54) is 12.0 Å². The van der Waals surface area contributed by atoms with Crippen molar-refractivity contribution < 1.29 is 23.1 Å². The molecule has 2 N–H and O–H groups in total. The molecule has 1 aromatic rings. The van der Waals surface area contributed by atoms with Crippen LogP contribution in [0.15, 0.2) is 12.1 Å². The monoisotopic (exact) mass is 284 g/mol. The van der Waals surface area contributed by atoms with Gasteiger partial charge in [0.15, 0.2) is 0 Å². The largest absolute Gasteiger partial charge is 0.497 e. The topological polar surface area (TPSA) is 72.6 Å². The number of methoxy groups -OCH3 is 1. The summed E-state index contributed by atoms with van der Waals surface area (Å²) in [5, 5.41) is 0. The van der Waals surface area contributed by atoms with Crippen molar-refractivity contribution in [1.29, 1.82) is 0 Å². The Balaban J connectivity index is 2.25. The second-order valence-electron chi connectivity index (χ2n) is 4.65. The molecular weight excluding hydrogens is 270 g/mol. The van der Waals surface area contributed by atoms with Gasteiger partial charge in [0.1, 0.15) is 17.4 Å². The number of primary amides is 1. The molecule has 1 aromatic carbocycles. The number of carbonyl (C=O) groups excluding carboxylic acids is 2. The van der Waals surface area contributed by atoms with Gasteiger partial charge in [0.25, 0.3) is 0 Å². The molecule has 1 unspecified atom stereocenters. The number of nitrogens with two attached hydrogens (primary N) is 1. The molecule has 1 fully saturated rings. The number of benzene rings is 1. The van der Waals surface area contributed by atoms with Crippen molar-refractivity contribution in [1.82, 2.24) is 4.90 Å². The highest BCUT2D eigenvalue weighted by Crippen LogP contribution is 2.33. The van der Waals surface area contributed by atoms with Crippen LogP contribution in [0.25, 0.3) is 0 Å². The summed E-state index contributed by atoms with van der Waals surface area (Å²) in [6.45, 7) is -0.170. The first-order valence-electron chi connectivity index (χ1n) is 6.01. The van der Waals surface area contributed by atoms with Crippen molar-refractivity contribution in [3.63, 3.8) is 0 Å². The molecular formula is C13H14F2N2O3. The van der Waals surface area contributed by atoms with Crippen LogP contribution < -0.4 is 10.5 Å². The zero-order valence-electron chi connectivity index (χ0n) is 10.9. The fourth-order valence-corrected chi connectivity index (χ4v) is 2.38. The number of amides is 2. The van der Waals surface area contributed by atoms with Gasteiger partial charge in [0.2, 0.25) is 11.8 Å². The standard InChI is InChI=1S/C13H14F2N2O3/c1-20-8-3-9(14)13(10(15)4-8)7-2-12(19)17(5-7)6-11(16)18/h3-4,7H,2,5-6H2,1H3,(H2,16,18). The second-order valence-corrected chi connectivity index (χ2v) is 4.65. The second kappa shape index (κ2) is 5.44. The van der Waals surface area contributed by atoms with Crippen molar-refractivity contribution in [2.45, 2.75) is 12.3 Å².